The van der Waals surface area contributed by atoms with E-state index < -0.39 is 5.97 Å². The van der Waals surface area contributed by atoms with Crippen LogP contribution in [0.3, 0.4) is 0 Å². The molecule has 1 aromatic heterocycles. The van der Waals surface area contributed by atoms with Crippen molar-refractivity contribution < 1.29 is 9.90 Å². The summed E-state index contributed by atoms with van der Waals surface area (Å²) in [5.41, 5.74) is 6.27. The van der Waals surface area contributed by atoms with Crippen molar-refractivity contribution in [3.05, 3.63) is 76.4 Å². The normalized spacial score (nSPS) is 10.8. The molecule has 0 saturated heterocycles. The van der Waals surface area contributed by atoms with E-state index in [1.807, 2.05) is 37.3 Å². The van der Waals surface area contributed by atoms with Crippen LogP contribution in [0, 0.1) is 13.8 Å². The summed E-state index contributed by atoms with van der Waals surface area (Å²) >= 11 is 6.10. The number of benzene rings is 2. The highest BCUT2D eigenvalue weighted by Crippen LogP contribution is 2.30. The van der Waals surface area contributed by atoms with Gasteiger partial charge >= 0.3 is 0 Å². The predicted octanol–water partition coefficient (Wildman–Crippen LogP) is 4.10. The van der Waals surface area contributed by atoms with Crippen LogP contribution in [0.1, 0.15) is 23.2 Å². The summed E-state index contributed by atoms with van der Waals surface area (Å²) in [6.45, 7) is 4.06. The lowest BCUT2D eigenvalue weighted by Crippen LogP contribution is -2.22. The van der Waals surface area contributed by atoms with Gasteiger partial charge in [0.25, 0.3) is 0 Å². The highest BCUT2D eigenvalue weighted by atomic mass is 35.5. The predicted molar refractivity (Wildman–Crippen MR) is 99.0 cm³/mol. The second-order valence-electron chi connectivity index (χ2n) is 6.21. The molecule has 3 aromatic rings. The molecule has 0 saturated carbocycles. The van der Waals surface area contributed by atoms with Crippen molar-refractivity contribution >= 4 is 17.6 Å². The summed E-state index contributed by atoms with van der Waals surface area (Å²) in [5, 5.41) is 11.6. The molecule has 4 heteroatoms. The zero-order chi connectivity index (χ0) is 18.0. The minimum atomic E-state index is -1.04. The summed E-state index contributed by atoms with van der Waals surface area (Å²) < 4.78 is 2.11. The lowest BCUT2D eigenvalue weighted by Gasteiger charge is -2.17. The SMILES string of the molecule is Cc1ccc(-c2ccc(CCC(=O)[O-])n2-c2ccc(Cl)cc2C)cc1. The van der Waals surface area contributed by atoms with Gasteiger partial charge in [0.1, 0.15) is 0 Å². The number of rotatable bonds is 5. The Bertz CT molecular complexity index is 910. The van der Waals surface area contributed by atoms with E-state index in [0.717, 1.165) is 28.2 Å². The molecule has 0 aliphatic carbocycles. The van der Waals surface area contributed by atoms with Gasteiger partial charge in [-0.25, -0.2) is 0 Å². The van der Waals surface area contributed by atoms with Gasteiger partial charge in [-0.05, 0) is 68.1 Å². The first-order valence-electron chi connectivity index (χ1n) is 8.20. The van der Waals surface area contributed by atoms with Crippen LogP contribution >= 0.6 is 11.6 Å². The fraction of sp³-hybridized carbons (Fsp3) is 0.190. The summed E-state index contributed by atoms with van der Waals surface area (Å²) in [6.07, 6.45) is 0.403. The van der Waals surface area contributed by atoms with E-state index in [1.165, 1.54) is 5.56 Å². The van der Waals surface area contributed by atoms with Gasteiger partial charge in [0.2, 0.25) is 0 Å². The van der Waals surface area contributed by atoms with Crippen LogP contribution in [-0.4, -0.2) is 10.5 Å². The number of aliphatic carboxylic acids is 1. The Labute approximate surface area is 152 Å². The Kier molecular flexibility index (Phi) is 4.95. The zero-order valence-corrected chi connectivity index (χ0v) is 15.0. The van der Waals surface area contributed by atoms with E-state index in [4.69, 9.17) is 11.6 Å². The maximum atomic E-state index is 10.9. The van der Waals surface area contributed by atoms with Crippen molar-refractivity contribution in [1.29, 1.82) is 0 Å². The lowest BCUT2D eigenvalue weighted by atomic mass is 10.1. The highest BCUT2D eigenvalue weighted by molar-refractivity contribution is 6.30. The van der Waals surface area contributed by atoms with E-state index in [0.29, 0.717) is 11.4 Å². The van der Waals surface area contributed by atoms with Crippen LogP contribution in [-0.2, 0) is 11.2 Å². The number of aromatic nitrogens is 1. The molecule has 0 N–H and O–H groups in total. The van der Waals surface area contributed by atoms with Crippen LogP contribution in [0.2, 0.25) is 5.02 Å². The monoisotopic (exact) mass is 352 g/mol. The smallest absolute Gasteiger partial charge is 0.0531 e. The Morgan fingerprint density at radius 2 is 1.76 bits per heavy atom. The molecule has 0 atom stereocenters. The molecule has 0 aliphatic rings. The van der Waals surface area contributed by atoms with Gasteiger partial charge in [-0.15, -0.1) is 0 Å². The van der Waals surface area contributed by atoms with Crippen molar-refractivity contribution in [2.24, 2.45) is 0 Å². The lowest BCUT2D eigenvalue weighted by molar-refractivity contribution is -0.305. The summed E-state index contributed by atoms with van der Waals surface area (Å²) in [6, 6.07) is 18.0. The van der Waals surface area contributed by atoms with E-state index >= 15 is 0 Å². The van der Waals surface area contributed by atoms with Crippen molar-refractivity contribution in [3.63, 3.8) is 0 Å². The van der Waals surface area contributed by atoms with Crippen LogP contribution in [0.15, 0.2) is 54.6 Å². The number of hydrogen-bond acceptors (Lipinski definition) is 2. The summed E-state index contributed by atoms with van der Waals surface area (Å²) in [7, 11) is 0. The van der Waals surface area contributed by atoms with Crippen molar-refractivity contribution in [1.82, 2.24) is 4.57 Å². The van der Waals surface area contributed by atoms with E-state index in [9.17, 15) is 9.90 Å². The minimum absolute atomic E-state index is 0.00993. The molecule has 2 aromatic carbocycles. The van der Waals surface area contributed by atoms with E-state index in [-0.39, 0.29) is 6.42 Å². The summed E-state index contributed by atoms with van der Waals surface area (Å²) in [5.74, 6) is -1.04. The van der Waals surface area contributed by atoms with Gasteiger partial charge in [0, 0.05) is 22.4 Å². The first-order chi connectivity index (χ1) is 12.0. The third-order valence-electron chi connectivity index (χ3n) is 4.29. The standard InChI is InChI=1S/C21H20ClNO2/c1-14-3-5-16(6-4-14)20-11-8-18(9-12-21(24)25)23(20)19-10-7-17(22)13-15(19)2/h3-8,10-11,13H,9,12H2,1-2H3,(H,24,25)/p-1. The topological polar surface area (TPSA) is 45.1 Å². The molecule has 3 nitrogen and oxygen atoms in total. The highest BCUT2D eigenvalue weighted by Gasteiger charge is 2.14. The zero-order valence-electron chi connectivity index (χ0n) is 14.3. The molecule has 0 fully saturated rings. The van der Waals surface area contributed by atoms with Gasteiger partial charge in [-0.3, -0.25) is 0 Å². The van der Waals surface area contributed by atoms with Gasteiger partial charge in [-0.1, -0.05) is 41.4 Å². The van der Waals surface area contributed by atoms with Crippen molar-refractivity contribution in [2.45, 2.75) is 26.7 Å². The number of nitrogens with zero attached hydrogens (tertiary/aromatic N) is 1. The van der Waals surface area contributed by atoms with Crippen LogP contribution in [0.25, 0.3) is 16.9 Å². The molecule has 0 bridgehead atoms. The fourth-order valence-corrected chi connectivity index (χ4v) is 3.23. The Morgan fingerprint density at radius 3 is 2.40 bits per heavy atom. The third kappa shape index (κ3) is 3.77. The Hall–Kier alpha value is -2.52. The molecule has 0 amide bonds. The van der Waals surface area contributed by atoms with Crippen LogP contribution in [0.5, 0.6) is 0 Å². The molecule has 1 heterocycles. The second-order valence-corrected chi connectivity index (χ2v) is 6.65. The van der Waals surface area contributed by atoms with Crippen LogP contribution < -0.4 is 5.11 Å². The second kappa shape index (κ2) is 7.16. The summed E-state index contributed by atoms with van der Waals surface area (Å²) in [4.78, 5) is 10.9. The number of carbonyl (C=O) groups excluding carboxylic acids is 1. The van der Waals surface area contributed by atoms with Crippen LogP contribution in [0.4, 0.5) is 0 Å². The number of halogens is 1. The third-order valence-corrected chi connectivity index (χ3v) is 4.53. The van der Waals surface area contributed by atoms with Gasteiger partial charge < -0.3 is 14.5 Å². The number of carboxylic acids is 1. The molecule has 128 valence electrons. The molecule has 0 spiro atoms. The fourth-order valence-electron chi connectivity index (χ4n) is 3.01. The maximum Gasteiger partial charge on any atom is 0.0531 e. The largest absolute Gasteiger partial charge is 0.550 e. The van der Waals surface area contributed by atoms with Gasteiger partial charge in [-0.2, -0.15) is 0 Å². The van der Waals surface area contributed by atoms with E-state index in [2.05, 4.69) is 35.8 Å². The molecule has 25 heavy (non-hydrogen) atoms. The minimum Gasteiger partial charge on any atom is -0.550 e. The van der Waals surface area contributed by atoms with Gasteiger partial charge in [0.15, 0.2) is 0 Å². The molecule has 0 aliphatic heterocycles. The van der Waals surface area contributed by atoms with Crippen molar-refractivity contribution in [2.75, 3.05) is 0 Å². The number of hydrogen-bond donors (Lipinski definition) is 0. The molecular weight excluding hydrogens is 334 g/mol. The first-order valence-corrected chi connectivity index (χ1v) is 8.57. The average molecular weight is 353 g/mol. The number of carboxylic acid groups (broad SMARTS) is 1. The van der Waals surface area contributed by atoms with Gasteiger partial charge in [0.05, 0.1) is 5.69 Å². The maximum absolute atomic E-state index is 10.9. The Morgan fingerprint density at radius 1 is 1.04 bits per heavy atom. The quantitative estimate of drug-likeness (QED) is 0.694. The molecule has 0 unspecified atom stereocenters. The average Bonchev–Trinajstić information content (AvgIpc) is 2.97. The number of carbonyl (C=O) groups is 1. The number of aryl methyl sites for hydroxylation is 3. The molecule has 3 rings (SSSR count). The first kappa shape index (κ1) is 17.3. The van der Waals surface area contributed by atoms with Crippen molar-refractivity contribution in [3.8, 4) is 16.9 Å². The van der Waals surface area contributed by atoms with E-state index in [1.54, 1.807) is 0 Å². The Balaban J connectivity index is 2.15. The molecular formula is C21H19ClNO2-. The molecule has 0 radical (unpaired) electrons.